The number of alkyl halides is 1. The second kappa shape index (κ2) is 7.05. The number of unbranched alkanes of at least 4 members (excludes halogenated alkanes) is 1. The summed E-state index contributed by atoms with van der Waals surface area (Å²) in [4.78, 5) is 0. The largest absolute Gasteiger partial charge is 0.0928 e. The zero-order valence-electron chi connectivity index (χ0n) is 8.93. The van der Waals surface area contributed by atoms with E-state index in [4.69, 9.17) is 0 Å². The molecule has 0 heterocycles. The Morgan fingerprint density at radius 1 is 0.929 bits per heavy atom. The molecular weight excluding hydrogens is 236 g/mol. The van der Waals surface area contributed by atoms with E-state index in [1.807, 2.05) is 0 Å². The van der Waals surface area contributed by atoms with Crippen LogP contribution in [0.2, 0.25) is 0 Å². The molecule has 0 saturated carbocycles. The normalized spacial score (nSPS) is 10.4. The van der Waals surface area contributed by atoms with Gasteiger partial charge in [0, 0.05) is 5.33 Å². The average molecular weight is 255 g/mol. The van der Waals surface area contributed by atoms with Crippen molar-refractivity contribution in [1.29, 1.82) is 0 Å². The first kappa shape index (κ1) is 11.8. The third-order valence-corrected chi connectivity index (χ3v) is 3.00. The average Bonchev–Trinajstić information content (AvgIpc) is 2.25. The van der Waals surface area contributed by atoms with E-state index in [0.29, 0.717) is 0 Å². The Morgan fingerprint density at radius 3 is 1.86 bits per heavy atom. The van der Waals surface area contributed by atoms with Crippen molar-refractivity contribution in [2.45, 2.75) is 39.0 Å². The van der Waals surface area contributed by atoms with Crippen molar-refractivity contribution in [2.75, 3.05) is 5.33 Å². The molecule has 0 atom stereocenters. The van der Waals surface area contributed by atoms with Gasteiger partial charge in [-0.15, -0.1) is 0 Å². The molecule has 0 aliphatic rings. The summed E-state index contributed by atoms with van der Waals surface area (Å²) in [6, 6.07) is 9.10. The van der Waals surface area contributed by atoms with E-state index >= 15 is 0 Å². The van der Waals surface area contributed by atoms with Crippen LogP contribution in [0.25, 0.3) is 0 Å². The summed E-state index contributed by atoms with van der Waals surface area (Å²) in [7, 11) is 0. The van der Waals surface area contributed by atoms with Crippen molar-refractivity contribution in [3.05, 3.63) is 35.4 Å². The Hall–Kier alpha value is -0.300. The topological polar surface area (TPSA) is 0 Å². The molecule has 1 heteroatoms. The van der Waals surface area contributed by atoms with Gasteiger partial charge in [0.05, 0.1) is 0 Å². The van der Waals surface area contributed by atoms with Gasteiger partial charge in [0.15, 0.2) is 0 Å². The number of hydrogen-bond donors (Lipinski definition) is 0. The van der Waals surface area contributed by atoms with Crippen LogP contribution in [0.3, 0.4) is 0 Å². The summed E-state index contributed by atoms with van der Waals surface area (Å²) in [6.45, 7) is 2.24. The van der Waals surface area contributed by atoms with Gasteiger partial charge in [0.1, 0.15) is 0 Å². The second-order valence-electron chi connectivity index (χ2n) is 3.71. The van der Waals surface area contributed by atoms with Gasteiger partial charge in [-0.25, -0.2) is 0 Å². The molecule has 1 aromatic carbocycles. The monoisotopic (exact) mass is 254 g/mol. The molecule has 1 rings (SSSR count). The third kappa shape index (κ3) is 4.28. The van der Waals surface area contributed by atoms with Gasteiger partial charge in [-0.1, -0.05) is 53.5 Å². The van der Waals surface area contributed by atoms with E-state index in [9.17, 15) is 0 Å². The van der Waals surface area contributed by atoms with E-state index < -0.39 is 0 Å². The van der Waals surface area contributed by atoms with Gasteiger partial charge < -0.3 is 0 Å². The molecule has 0 fully saturated rings. The Kier molecular flexibility index (Phi) is 5.93. The fraction of sp³-hybridized carbons (Fsp3) is 0.538. The minimum absolute atomic E-state index is 1.10. The molecule has 0 saturated heterocycles. The Bertz CT molecular complexity index is 211. The number of halogens is 1. The molecule has 0 unspecified atom stereocenters. The third-order valence-electron chi connectivity index (χ3n) is 2.44. The highest BCUT2D eigenvalue weighted by Crippen LogP contribution is 2.09. The zero-order valence-corrected chi connectivity index (χ0v) is 10.5. The maximum atomic E-state index is 3.46. The van der Waals surface area contributed by atoms with Crippen LogP contribution in [0.15, 0.2) is 24.3 Å². The summed E-state index contributed by atoms with van der Waals surface area (Å²) >= 11 is 3.46. The summed E-state index contributed by atoms with van der Waals surface area (Å²) in [5.74, 6) is 0. The van der Waals surface area contributed by atoms with Crippen LogP contribution in [0, 0.1) is 0 Å². The smallest absolute Gasteiger partial charge is 0.00344 e. The van der Waals surface area contributed by atoms with Gasteiger partial charge in [0.2, 0.25) is 0 Å². The molecule has 0 spiro atoms. The first-order chi connectivity index (χ1) is 6.86. The number of rotatable bonds is 6. The Balaban J connectivity index is 2.42. The van der Waals surface area contributed by atoms with E-state index in [1.54, 1.807) is 0 Å². The Labute approximate surface area is 95.9 Å². The van der Waals surface area contributed by atoms with Gasteiger partial charge in [-0.05, 0) is 36.8 Å². The van der Waals surface area contributed by atoms with Crippen LogP contribution in [0.1, 0.15) is 37.3 Å². The molecular formula is C13H19Br. The van der Waals surface area contributed by atoms with Crippen molar-refractivity contribution in [3.8, 4) is 0 Å². The zero-order chi connectivity index (χ0) is 10.2. The minimum Gasteiger partial charge on any atom is -0.0928 e. The van der Waals surface area contributed by atoms with E-state index in [1.165, 1.54) is 43.2 Å². The lowest BCUT2D eigenvalue weighted by Gasteiger charge is -2.02. The number of benzene rings is 1. The summed E-state index contributed by atoms with van der Waals surface area (Å²) < 4.78 is 0. The maximum absolute atomic E-state index is 3.46. The van der Waals surface area contributed by atoms with Crippen LogP contribution in [0.5, 0.6) is 0 Å². The predicted octanol–water partition coefficient (Wildman–Crippen LogP) is 4.36. The first-order valence-corrected chi connectivity index (χ1v) is 6.62. The fourth-order valence-electron chi connectivity index (χ4n) is 1.52. The SMILES string of the molecule is CCCCc1ccc(CCCBr)cc1. The number of aryl methyl sites for hydroxylation is 2. The van der Waals surface area contributed by atoms with Crippen molar-refractivity contribution < 1.29 is 0 Å². The molecule has 0 amide bonds. The minimum atomic E-state index is 1.10. The first-order valence-electron chi connectivity index (χ1n) is 5.50. The lowest BCUT2D eigenvalue weighted by molar-refractivity contribution is 0.794. The molecule has 0 N–H and O–H groups in total. The quantitative estimate of drug-likeness (QED) is 0.662. The molecule has 0 aromatic heterocycles. The highest BCUT2D eigenvalue weighted by molar-refractivity contribution is 9.09. The second-order valence-corrected chi connectivity index (χ2v) is 4.51. The molecule has 0 aliphatic carbocycles. The molecule has 78 valence electrons. The lowest BCUT2D eigenvalue weighted by Crippen LogP contribution is -1.88. The van der Waals surface area contributed by atoms with Crippen molar-refractivity contribution >= 4 is 15.9 Å². The van der Waals surface area contributed by atoms with Gasteiger partial charge >= 0.3 is 0 Å². The van der Waals surface area contributed by atoms with E-state index in [-0.39, 0.29) is 0 Å². The maximum Gasteiger partial charge on any atom is 0.00344 e. The van der Waals surface area contributed by atoms with E-state index in [2.05, 4.69) is 47.1 Å². The van der Waals surface area contributed by atoms with Crippen LogP contribution in [-0.4, -0.2) is 5.33 Å². The molecule has 0 bridgehead atoms. The van der Waals surface area contributed by atoms with Crippen molar-refractivity contribution in [1.82, 2.24) is 0 Å². The van der Waals surface area contributed by atoms with Crippen LogP contribution in [-0.2, 0) is 12.8 Å². The molecule has 0 radical (unpaired) electrons. The lowest BCUT2D eigenvalue weighted by atomic mass is 10.0. The predicted molar refractivity (Wildman–Crippen MR) is 67.2 cm³/mol. The molecule has 0 nitrogen and oxygen atoms in total. The van der Waals surface area contributed by atoms with Gasteiger partial charge in [-0.3, -0.25) is 0 Å². The van der Waals surface area contributed by atoms with Crippen LogP contribution < -0.4 is 0 Å². The highest BCUT2D eigenvalue weighted by Gasteiger charge is 1.94. The highest BCUT2D eigenvalue weighted by atomic mass is 79.9. The van der Waals surface area contributed by atoms with Crippen molar-refractivity contribution in [3.63, 3.8) is 0 Å². The molecule has 0 aliphatic heterocycles. The van der Waals surface area contributed by atoms with Gasteiger partial charge in [-0.2, -0.15) is 0 Å². The van der Waals surface area contributed by atoms with Gasteiger partial charge in [0.25, 0.3) is 0 Å². The van der Waals surface area contributed by atoms with Crippen molar-refractivity contribution in [2.24, 2.45) is 0 Å². The molecule has 14 heavy (non-hydrogen) atoms. The summed E-state index contributed by atoms with van der Waals surface area (Å²) in [5.41, 5.74) is 2.94. The Morgan fingerprint density at radius 2 is 1.43 bits per heavy atom. The summed E-state index contributed by atoms with van der Waals surface area (Å²) in [6.07, 6.45) is 6.24. The van der Waals surface area contributed by atoms with Crippen LogP contribution >= 0.6 is 15.9 Å². The molecule has 1 aromatic rings. The summed E-state index contributed by atoms with van der Waals surface area (Å²) in [5, 5.41) is 1.10. The van der Waals surface area contributed by atoms with E-state index in [0.717, 1.165) is 5.33 Å². The standard InChI is InChI=1S/C13H19Br/c1-2-3-5-12-7-9-13(10-8-12)6-4-11-14/h7-10H,2-6,11H2,1H3. The number of hydrogen-bond acceptors (Lipinski definition) is 0. The van der Waals surface area contributed by atoms with Crippen LogP contribution in [0.4, 0.5) is 0 Å². The fourth-order valence-corrected chi connectivity index (χ4v) is 1.80.